The molecule has 4 heteroatoms. The standard InChI is InChI=1S/C15H20O4/c1-8(2)6-5-7-9(3)11-14(18)12(16)10(4)13(17)15(11)19/h6,9,16,19H,5,7H2,1-4H3/t9-/m0/s1. The first-order chi connectivity index (χ1) is 8.77. The van der Waals surface area contributed by atoms with Gasteiger partial charge in [-0.2, -0.15) is 0 Å². The van der Waals surface area contributed by atoms with Crippen LogP contribution in [0.2, 0.25) is 0 Å². The van der Waals surface area contributed by atoms with Crippen LogP contribution in [-0.2, 0) is 9.59 Å². The van der Waals surface area contributed by atoms with Crippen molar-refractivity contribution in [2.75, 3.05) is 0 Å². The van der Waals surface area contributed by atoms with Gasteiger partial charge < -0.3 is 10.2 Å². The van der Waals surface area contributed by atoms with E-state index in [4.69, 9.17) is 0 Å². The van der Waals surface area contributed by atoms with Crippen molar-refractivity contribution in [2.24, 2.45) is 5.92 Å². The summed E-state index contributed by atoms with van der Waals surface area (Å²) in [4.78, 5) is 23.6. The quantitative estimate of drug-likeness (QED) is 0.604. The minimum absolute atomic E-state index is 0.0234. The van der Waals surface area contributed by atoms with E-state index in [0.717, 1.165) is 6.42 Å². The van der Waals surface area contributed by atoms with Gasteiger partial charge in [0.05, 0.1) is 5.57 Å². The highest BCUT2D eigenvalue weighted by Crippen LogP contribution is 2.29. The van der Waals surface area contributed by atoms with Crippen LogP contribution in [0.25, 0.3) is 0 Å². The summed E-state index contributed by atoms with van der Waals surface area (Å²) >= 11 is 0. The van der Waals surface area contributed by atoms with E-state index in [0.29, 0.717) is 6.42 Å². The molecular weight excluding hydrogens is 244 g/mol. The summed E-state index contributed by atoms with van der Waals surface area (Å²) in [5.41, 5.74) is 1.10. The lowest BCUT2D eigenvalue weighted by Crippen LogP contribution is -2.26. The van der Waals surface area contributed by atoms with Gasteiger partial charge in [0.25, 0.3) is 0 Å². The molecule has 0 heterocycles. The predicted octanol–water partition coefficient (Wildman–Crippen LogP) is 3.16. The molecule has 2 N–H and O–H groups in total. The third-order valence-electron chi connectivity index (χ3n) is 3.27. The van der Waals surface area contributed by atoms with Crippen molar-refractivity contribution in [3.8, 4) is 0 Å². The largest absolute Gasteiger partial charge is 0.504 e. The Morgan fingerprint density at radius 2 is 1.74 bits per heavy atom. The molecule has 0 saturated carbocycles. The lowest BCUT2D eigenvalue weighted by molar-refractivity contribution is -0.120. The number of carbonyl (C=O) groups excluding carboxylic acids is 2. The van der Waals surface area contributed by atoms with E-state index in [9.17, 15) is 19.8 Å². The van der Waals surface area contributed by atoms with Gasteiger partial charge >= 0.3 is 0 Å². The first kappa shape index (κ1) is 15.2. The summed E-state index contributed by atoms with van der Waals surface area (Å²) in [7, 11) is 0. The highest BCUT2D eigenvalue weighted by Gasteiger charge is 2.34. The molecule has 1 atom stereocenters. The molecule has 0 saturated heterocycles. The van der Waals surface area contributed by atoms with Crippen LogP contribution in [0.3, 0.4) is 0 Å². The Hall–Kier alpha value is -1.84. The second-order valence-corrected chi connectivity index (χ2v) is 5.15. The molecule has 0 aromatic heterocycles. The molecule has 1 aliphatic carbocycles. The van der Waals surface area contributed by atoms with Crippen LogP contribution in [-0.4, -0.2) is 21.8 Å². The van der Waals surface area contributed by atoms with Gasteiger partial charge in [0.2, 0.25) is 11.6 Å². The summed E-state index contributed by atoms with van der Waals surface area (Å²) in [6, 6.07) is 0. The number of Topliss-reactive ketones (excluding diaryl/α,β-unsaturated/α-hetero) is 2. The maximum atomic E-state index is 11.9. The van der Waals surface area contributed by atoms with E-state index in [2.05, 4.69) is 0 Å². The van der Waals surface area contributed by atoms with Crippen molar-refractivity contribution in [1.82, 2.24) is 0 Å². The van der Waals surface area contributed by atoms with Gasteiger partial charge in [-0.1, -0.05) is 18.6 Å². The average Bonchev–Trinajstić information content (AvgIpc) is 2.34. The van der Waals surface area contributed by atoms with Gasteiger partial charge in [-0.15, -0.1) is 0 Å². The number of aliphatic hydroxyl groups is 2. The van der Waals surface area contributed by atoms with E-state index >= 15 is 0 Å². The highest BCUT2D eigenvalue weighted by atomic mass is 16.3. The number of allylic oxidation sites excluding steroid dienone is 4. The zero-order valence-electron chi connectivity index (χ0n) is 11.8. The Balaban J connectivity index is 2.96. The van der Waals surface area contributed by atoms with Crippen LogP contribution in [0.4, 0.5) is 0 Å². The molecule has 0 bridgehead atoms. The summed E-state index contributed by atoms with van der Waals surface area (Å²) in [5, 5.41) is 19.4. The zero-order valence-corrected chi connectivity index (χ0v) is 11.8. The van der Waals surface area contributed by atoms with Gasteiger partial charge in [0.1, 0.15) is 0 Å². The van der Waals surface area contributed by atoms with E-state index in [1.54, 1.807) is 6.92 Å². The van der Waals surface area contributed by atoms with Gasteiger partial charge in [-0.25, -0.2) is 0 Å². The van der Waals surface area contributed by atoms with E-state index in [-0.39, 0.29) is 17.1 Å². The molecule has 0 radical (unpaired) electrons. The Bertz CT molecular complexity index is 502. The van der Waals surface area contributed by atoms with Crippen molar-refractivity contribution >= 4 is 11.6 Å². The highest BCUT2D eigenvalue weighted by molar-refractivity contribution is 6.23. The zero-order chi connectivity index (χ0) is 14.7. The summed E-state index contributed by atoms with van der Waals surface area (Å²) < 4.78 is 0. The molecular formula is C15H20O4. The van der Waals surface area contributed by atoms with E-state index in [1.807, 2.05) is 19.9 Å². The van der Waals surface area contributed by atoms with E-state index in [1.165, 1.54) is 12.5 Å². The lowest BCUT2D eigenvalue weighted by Gasteiger charge is -2.20. The van der Waals surface area contributed by atoms with Crippen LogP contribution < -0.4 is 0 Å². The fraction of sp³-hybridized carbons (Fsp3) is 0.467. The molecule has 19 heavy (non-hydrogen) atoms. The third kappa shape index (κ3) is 3.13. The van der Waals surface area contributed by atoms with Crippen LogP contribution in [0.1, 0.15) is 40.5 Å². The van der Waals surface area contributed by atoms with Crippen LogP contribution in [0.15, 0.2) is 34.3 Å². The first-order valence-electron chi connectivity index (χ1n) is 6.33. The molecule has 0 aromatic rings. The van der Waals surface area contributed by atoms with Gasteiger partial charge in [0.15, 0.2) is 11.5 Å². The van der Waals surface area contributed by atoms with Crippen molar-refractivity contribution in [2.45, 2.75) is 40.5 Å². The number of carbonyl (C=O) groups is 2. The number of aliphatic hydroxyl groups excluding tert-OH is 2. The lowest BCUT2D eigenvalue weighted by atomic mass is 9.85. The SMILES string of the molecule is CC(C)=CCC[C@H](C)C1=C(O)C(=O)C(C)=C(O)C1=O. The van der Waals surface area contributed by atoms with Gasteiger partial charge in [-0.05, 0) is 39.5 Å². The minimum atomic E-state index is -0.666. The number of hydrogen-bond acceptors (Lipinski definition) is 4. The molecule has 0 spiro atoms. The molecule has 1 aliphatic rings. The molecule has 0 amide bonds. The van der Waals surface area contributed by atoms with Gasteiger partial charge in [-0.3, -0.25) is 9.59 Å². The predicted molar refractivity (Wildman–Crippen MR) is 72.8 cm³/mol. The normalized spacial score (nSPS) is 17.9. The monoisotopic (exact) mass is 264 g/mol. The fourth-order valence-corrected chi connectivity index (χ4v) is 2.04. The second-order valence-electron chi connectivity index (χ2n) is 5.15. The molecule has 0 unspecified atom stereocenters. The summed E-state index contributed by atoms with van der Waals surface area (Å²) in [5.74, 6) is -2.65. The molecule has 104 valence electrons. The fourth-order valence-electron chi connectivity index (χ4n) is 2.04. The summed E-state index contributed by atoms with van der Waals surface area (Å²) in [6.45, 7) is 7.06. The third-order valence-corrected chi connectivity index (χ3v) is 3.27. The topological polar surface area (TPSA) is 74.6 Å². The number of hydrogen-bond donors (Lipinski definition) is 2. The van der Waals surface area contributed by atoms with Crippen molar-refractivity contribution in [1.29, 1.82) is 0 Å². The van der Waals surface area contributed by atoms with Crippen molar-refractivity contribution in [3.05, 3.63) is 34.3 Å². The Labute approximate surface area is 113 Å². The van der Waals surface area contributed by atoms with Crippen LogP contribution >= 0.6 is 0 Å². The first-order valence-corrected chi connectivity index (χ1v) is 6.33. The molecule has 4 nitrogen and oxygen atoms in total. The Kier molecular flexibility index (Phi) is 4.70. The van der Waals surface area contributed by atoms with Gasteiger partial charge in [0, 0.05) is 5.57 Å². The average molecular weight is 264 g/mol. The molecule has 0 aliphatic heterocycles. The number of ketones is 2. The summed E-state index contributed by atoms with van der Waals surface area (Å²) in [6.07, 6.45) is 3.42. The molecule has 1 rings (SSSR count). The number of rotatable bonds is 4. The van der Waals surface area contributed by atoms with Crippen LogP contribution in [0, 0.1) is 5.92 Å². The molecule has 0 fully saturated rings. The molecule has 0 aromatic carbocycles. The van der Waals surface area contributed by atoms with Crippen molar-refractivity contribution in [3.63, 3.8) is 0 Å². The van der Waals surface area contributed by atoms with E-state index < -0.39 is 23.1 Å². The second kappa shape index (κ2) is 5.87. The Morgan fingerprint density at radius 1 is 1.16 bits per heavy atom. The maximum absolute atomic E-state index is 11.9. The Morgan fingerprint density at radius 3 is 2.26 bits per heavy atom. The van der Waals surface area contributed by atoms with Crippen LogP contribution in [0.5, 0.6) is 0 Å². The maximum Gasteiger partial charge on any atom is 0.227 e. The smallest absolute Gasteiger partial charge is 0.227 e. The van der Waals surface area contributed by atoms with Crippen molar-refractivity contribution < 1.29 is 19.8 Å². The minimum Gasteiger partial charge on any atom is -0.504 e.